The van der Waals surface area contributed by atoms with Gasteiger partial charge in [0.2, 0.25) is 0 Å². The molecule has 0 spiro atoms. The zero-order valence-electron chi connectivity index (χ0n) is 10.2. The molecule has 92 valence electrons. The predicted octanol–water partition coefficient (Wildman–Crippen LogP) is 2.57. The molecule has 1 aliphatic rings. The van der Waals surface area contributed by atoms with Crippen molar-refractivity contribution < 1.29 is 9.53 Å². The first kappa shape index (κ1) is 11.0. The van der Waals surface area contributed by atoms with E-state index in [2.05, 4.69) is 5.10 Å². The Balaban J connectivity index is 2.03. The highest BCUT2D eigenvalue weighted by Crippen LogP contribution is 2.41. The second kappa shape index (κ2) is 4.29. The van der Waals surface area contributed by atoms with E-state index < -0.39 is 0 Å². The summed E-state index contributed by atoms with van der Waals surface area (Å²) in [5.41, 5.74) is 2.58. The quantitative estimate of drug-likeness (QED) is 0.774. The van der Waals surface area contributed by atoms with E-state index in [4.69, 9.17) is 4.74 Å². The first-order chi connectivity index (χ1) is 8.81. The number of rotatable bonds is 4. The molecule has 1 aromatic carbocycles. The SMILES string of the molecule is COc1ccc(-n2nc(C=O)cc2C2CC2)cc1. The summed E-state index contributed by atoms with van der Waals surface area (Å²) in [6, 6.07) is 9.58. The van der Waals surface area contributed by atoms with Crippen molar-refractivity contribution >= 4 is 6.29 Å². The maximum atomic E-state index is 10.9. The minimum atomic E-state index is 0.493. The Labute approximate surface area is 105 Å². The van der Waals surface area contributed by atoms with Crippen LogP contribution < -0.4 is 4.74 Å². The molecule has 2 aromatic rings. The van der Waals surface area contributed by atoms with E-state index >= 15 is 0 Å². The van der Waals surface area contributed by atoms with E-state index in [1.54, 1.807) is 7.11 Å². The van der Waals surface area contributed by atoms with Crippen LogP contribution in [0.2, 0.25) is 0 Å². The lowest BCUT2D eigenvalue weighted by atomic mass is 10.2. The second-order valence-corrected chi connectivity index (χ2v) is 4.50. The van der Waals surface area contributed by atoms with Gasteiger partial charge < -0.3 is 4.74 Å². The number of hydrogen-bond acceptors (Lipinski definition) is 3. The average molecular weight is 242 g/mol. The van der Waals surface area contributed by atoms with Gasteiger partial charge in [-0.05, 0) is 43.2 Å². The number of carbonyl (C=O) groups excluding carboxylic acids is 1. The van der Waals surface area contributed by atoms with E-state index in [9.17, 15) is 4.79 Å². The van der Waals surface area contributed by atoms with Crippen LogP contribution in [0, 0.1) is 0 Å². The standard InChI is InChI=1S/C14H14N2O2/c1-18-13-6-4-12(5-7-13)16-14(10-2-3-10)8-11(9-17)15-16/h4-10H,2-3H2,1H3. The lowest BCUT2D eigenvalue weighted by Gasteiger charge is -2.07. The summed E-state index contributed by atoms with van der Waals surface area (Å²) in [5.74, 6) is 1.36. The maximum Gasteiger partial charge on any atom is 0.170 e. The number of ether oxygens (including phenoxy) is 1. The normalized spacial score (nSPS) is 14.5. The minimum absolute atomic E-state index is 0.493. The average Bonchev–Trinajstić information content (AvgIpc) is 3.18. The summed E-state index contributed by atoms with van der Waals surface area (Å²) >= 11 is 0. The van der Waals surface area contributed by atoms with E-state index in [0.717, 1.165) is 23.4 Å². The molecule has 18 heavy (non-hydrogen) atoms. The van der Waals surface area contributed by atoms with Gasteiger partial charge in [0.25, 0.3) is 0 Å². The van der Waals surface area contributed by atoms with Gasteiger partial charge in [-0.25, -0.2) is 4.68 Å². The highest BCUT2D eigenvalue weighted by molar-refractivity contribution is 5.72. The van der Waals surface area contributed by atoms with Gasteiger partial charge >= 0.3 is 0 Å². The van der Waals surface area contributed by atoms with Gasteiger partial charge in [0, 0.05) is 11.6 Å². The predicted molar refractivity (Wildman–Crippen MR) is 67.5 cm³/mol. The summed E-state index contributed by atoms with van der Waals surface area (Å²) in [6.07, 6.45) is 3.16. The van der Waals surface area contributed by atoms with Gasteiger partial charge in [-0.3, -0.25) is 4.79 Å². The number of carbonyl (C=O) groups is 1. The fourth-order valence-corrected chi connectivity index (χ4v) is 2.07. The summed E-state index contributed by atoms with van der Waals surface area (Å²) in [5, 5.41) is 4.32. The minimum Gasteiger partial charge on any atom is -0.497 e. The smallest absolute Gasteiger partial charge is 0.170 e. The van der Waals surface area contributed by atoms with Crippen LogP contribution in [0.1, 0.15) is 34.9 Å². The Kier molecular flexibility index (Phi) is 2.63. The number of methoxy groups -OCH3 is 1. The van der Waals surface area contributed by atoms with Crippen molar-refractivity contribution in [3.05, 3.63) is 41.7 Å². The molecule has 1 saturated carbocycles. The topological polar surface area (TPSA) is 44.1 Å². The van der Waals surface area contributed by atoms with Crippen LogP contribution in [0.4, 0.5) is 0 Å². The molecule has 0 amide bonds. The van der Waals surface area contributed by atoms with Gasteiger partial charge in [0.15, 0.2) is 6.29 Å². The van der Waals surface area contributed by atoms with E-state index in [0.29, 0.717) is 11.6 Å². The Morgan fingerprint density at radius 3 is 2.61 bits per heavy atom. The number of aromatic nitrogens is 2. The van der Waals surface area contributed by atoms with E-state index in [1.165, 1.54) is 12.8 Å². The van der Waals surface area contributed by atoms with Crippen LogP contribution in [0.15, 0.2) is 30.3 Å². The highest BCUT2D eigenvalue weighted by atomic mass is 16.5. The Bertz CT molecular complexity index is 568. The Morgan fingerprint density at radius 2 is 2.06 bits per heavy atom. The van der Waals surface area contributed by atoms with Crippen molar-refractivity contribution in [2.45, 2.75) is 18.8 Å². The first-order valence-corrected chi connectivity index (χ1v) is 6.01. The molecule has 0 N–H and O–H groups in total. The van der Waals surface area contributed by atoms with Crippen molar-refractivity contribution in [2.24, 2.45) is 0 Å². The number of nitrogens with zero attached hydrogens (tertiary/aromatic N) is 2. The van der Waals surface area contributed by atoms with Crippen LogP contribution in [0.5, 0.6) is 5.75 Å². The van der Waals surface area contributed by atoms with Gasteiger partial charge in [-0.15, -0.1) is 0 Å². The van der Waals surface area contributed by atoms with Crippen LogP contribution >= 0.6 is 0 Å². The van der Waals surface area contributed by atoms with Crippen molar-refractivity contribution in [1.29, 1.82) is 0 Å². The van der Waals surface area contributed by atoms with Crippen molar-refractivity contribution in [2.75, 3.05) is 7.11 Å². The third-order valence-corrected chi connectivity index (χ3v) is 3.19. The summed E-state index contributed by atoms with van der Waals surface area (Å²) in [6.45, 7) is 0. The molecule has 3 rings (SSSR count). The van der Waals surface area contributed by atoms with Crippen molar-refractivity contribution in [3.63, 3.8) is 0 Å². The lowest BCUT2D eigenvalue weighted by Crippen LogP contribution is -2.01. The molecular formula is C14H14N2O2. The molecule has 1 aromatic heterocycles. The number of aldehydes is 1. The summed E-state index contributed by atoms with van der Waals surface area (Å²) in [7, 11) is 1.64. The van der Waals surface area contributed by atoms with Gasteiger partial charge in [-0.2, -0.15) is 5.10 Å². The molecular weight excluding hydrogens is 228 g/mol. The van der Waals surface area contributed by atoms with Crippen molar-refractivity contribution in [3.8, 4) is 11.4 Å². The first-order valence-electron chi connectivity index (χ1n) is 6.01. The van der Waals surface area contributed by atoms with Gasteiger partial charge in [-0.1, -0.05) is 0 Å². The van der Waals surface area contributed by atoms with Crippen LogP contribution in [0.3, 0.4) is 0 Å². The fraction of sp³-hybridized carbons (Fsp3) is 0.286. The second-order valence-electron chi connectivity index (χ2n) is 4.50. The van der Waals surface area contributed by atoms with E-state index in [1.807, 2.05) is 35.0 Å². The third-order valence-electron chi connectivity index (χ3n) is 3.19. The Morgan fingerprint density at radius 1 is 1.33 bits per heavy atom. The van der Waals surface area contributed by atoms with Gasteiger partial charge in [0.1, 0.15) is 11.4 Å². The molecule has 4 heteroatoms. The molecule has 1 heterocycles. The van der Waals surface area contributed by atoms with Crippen LogP contribution in [-0.4, -0.2) is 23.2 Å². The summed E-state index contributed by atoms with van der Waals surface area (Å²) in [4.78, 5) is 10.9. The van der Waals surface area contributed by atoms with Crippen LogP contribution in [-0.2, 0) is 0 Å². The molecule has 0 radical (unpaired) electrons. The van der Waals surface area contributed by atoms with E-state index in [-0.39, 0.29) is 0 Å². The molecule has 4 nitrogen and oxygen atoms in total. The largest absolute Gasteiger partial charge is 0.497 e. The molecule has 0 bridgehead atoms. The summed E-state index contributed by atoms with van der Waals surface area (Å²) < 4.78 is 7.00. The fourth-order valence-electron chi connectivity index (χ4n) is 2.07. The lowest BCUT2D eigenvalue weighted by molar-refractivity contribution is 0.111. The molecule has 0 saturated heterocycles. The molecule has 0 atom stereocenters. The number of benzene rings is 1. The zero-order valence-corrected chi connectivity index (χ0v) is 10.2. The molecule has 1 aliphatic carbocycles. The molecule has 1 fully saturated rings. The monoisotopic (exact) mass is 242 g/mol. The Hall–Kier alpha value is -2.10. The molecule has 0 unspecified atom stereocenters. The highest BCUT2D eigenvalue weighted by Gasteiger charge is 2.28. The van der Waals surface area contributed by atoms with Gasteiger partial charge in [0.05, 0.1) is 12.8 Å². The van der Waals surface area contributed by atoms with Crippen molar-refractivity contribution in [1.82, 2.24) is 9.78 Å². The maximum absolute atomic E-state index is 10.9. The number of hydrogen-bond donors (Lipinski definition) is 0. The van der Waals surface area contributed by atoms with Crippen LogP contribution in [0.25, 0.3) is 5.69 Å². The molecule has 0 aliphatic heterocycles. The zero-order chi connectivity index (χ0) is 12.5. The third kappa shape index (κ3) is 1.90.